The molecule has 2 aliphatic rings. The van der Waals surface area contributed by atoms with Crippen molar-refractivity contribution >= 4 is 21.8 Å². The summed E-state index contributed by atoms with van der Waals surface area (Å²) in [6, 6.07) is 4.42. The van der Waals surface area contributed by atoms with Gasteiger partial charge in [0, 0.05) is 38.3 Å². The summed E-state index contributed by atoms with van der Waals surface area (Å²) in [7, 11) is -2.51. The van der Waals surface area contributed by atoms with Crippen LogP contribution in [-0.4, -0.2) is 75.4 Å². The van der Waals surface area contributed by atoms with Crippen LogP contribution >= 0.6 is 0 Å². The van der Waals surface area contributed by atoms with Crippen molar-refractivity contribution in [3.8, 4) is 0 Å². The topological polar surface area (TPSA) is 96.0 Å². The average Bonchev–Trinajstić information content (AvgIpc) is 2.78. The highest BCUT2D eigenvalue weighted by Gasteiger charge is 2.41. The van der Waals surface area contributed by atoms with Crippen LogP contribution in [0.15, 0.2) is 23.1 Å². The number of methoxy groups -OCH3 is 1. The molecule has 1 fully saturated rings. The molecular weight excluding hydrogens is 346 g/mol. The molecule has 0 aliphatic carbocycles. The van der Waals surface area contributed by atoms with E-state index >= 15 is 0 Å². The maximum atomic E-state index is 12.7. The van der Waals surface area contributed by atoms with E-state index in [0.29, 0.717) is 19.6 Å². The molecule has 1 N–H and O–H groups in total. The van der Waals surface area contributed by atoms with Crippen LogP contribution in [0.4, 0.5) is 0 Å². The molecule has 136 valence electrons. The van der Waals surface area contributed by atoms with E-state index in [2.05, 4.69) is 5.32 Å². The summed E-state index contributed by atoms with van der Waals surface area (Å²) in [5, 5.41) is 3.25. The van der Waals surface area contributed by atoms with Crippen molar-refractivity contribution in [1.82, 2.24) is 14.5 Å². The second-order valence-electron chi connectivity index (χ2n) is 6.19. The van der Waals surface area contributed by atoms with Crippen LogP contribution < -0.4 is 5.32 Å². The molecule has 8 nitrogen and oxygen atoms in total. The first-order valence-corrected chi connectivity index (χ1v) is 9.53. The van der Waals surface area contributed by atoms with Crippen LogP contribution in [0.2, 0.25) is 0 Å². The second kappa shape index (κ2) is 6.74. The SMILES string of the molecule is COCCN1C(=O)c2ccc(C(=O)N3CCN[C@@H](C)C3)cc2S1(=O)=O. The van der Waals surface area contributed by atoms with Gasteiger partial charge in [-0.15, -0.1) is 0 Å². The molecule has 0 spiro atoms. The minimum Gasteiger partial charge on any atom is -0.383 e. The number of nitrogens with zero attached hydrogens (tertiary/aromatic N) is 2. The molecule has 2 heterocycles. The van der Waals surface area contributed by atoms with E-state index in [1.54, 1.807) is 4.90 Å². The van der Waals surface area contributed by atoms with E-state index in [9.17, 15) is 18.0 Å². The quantitative estimate of drug-likeness (QED) is 0.799. The first kappa shape index (κ1) is 17.8. The lowest BCUT2D eigenvalue weighted by Crippen LogP contribution is -2.51. The third-order valence-corrected chi connectivity index (χ3v) is 6.23. The molecule has 0 unspecified atom stereocenters. The lowest BCUT2D eigenvalue weighted by atomic mass is 10.1. The van der Waals surface area contributed by atoms with Gasteiger partial charge in [-0.25, -0.2) is 12.7 Å². The maximum absolute atomic E-state index is 12.7. The van der Waals surface area contributed by atoms with Gasteiger partial charge in [-0.2, -0.15) is 0 Å². The Morgan fingerprint density at radius 3 is 2.84 bits per heavy atom. The number of amides is 2. The summed E-state index contributed by atoms with van der Waals surface area (Å²) in [6.45, 7) is 3.86. The minimum absolute atomic E-state index is 0.0507. The van der Waals surface area contributed by atoms with E-state index in [0.717, 1.165) is 4.31 Å². The number of hydrogen-bond donors (Lipinski definition) is 1. The molecular formula is C16H21N3O5S. The highest BCUT2D eigenvalue weighted by molar-refractivity contribution is 7.90. The highest BCUT2D eigenvalue weighted by atomic mass is 32.2. The monoisotopic (exact) mass is 367 g/mol. The van der Waals surface area contributed by atoms with Crippen LogP contribution in [0.25, 0.3) is 0 Å². The molecule has 2 amide bonds. The first-order valence-electron chi connectivity index (χ1n) is 8.09. The van der Waals surface area contributed by atoms with Gasteiger partial charge in [0.05, 0.1) is 18.7 Å². The molecule has 0 saturated carbocycles. The predicted octanol–water partition coefficient (Wildman–Crippen LogP) is -0.0886. The zero-order valence-corrected chi connectivity index (χ0v) is 15.0. The Labute approximate surface area is 146 Å². The summed E-state index contributed by atoms with van der Waals surface area (Å²) < 4.78 is 30.9. The van der Waals surface area contributed by atoms with Crippen LogP contribution in [0.3, 0.4) is 0 Å². The van der Waals surface area contributed by atoms with Crippen LogP contribution in [-0.2, 0) is 14.8 Å². The van der Waals surface area contributed by atoms with E-state index in [4.69, 9.17) is 4.74 Å². The fourth-order valence-corrected chi connectivity index (χ4v) is 4.68. The van der Waals surface area contributed by atoms with Gasteiger partial charge in [-0.05, 0) is 25.1 Å². The van der Waals surface area contributed by atoms with Crippen LogP contribution in [0.5, 0.6) is 0 Å². The number of nitrogens with one attached hydrogen (secondary N) is 1. The third kappa shape index (κ3) is 3.14. The number of piperazine rings is 1. The van der Waals surface area contributed by atoms with E-state index in [1.165, 1.54) is 25.3 Å². The third-order valence-electron chi connectivity index (χ3n) is 4.41. The largest absolute Gasteiger partial charge is 0.383 e. The average molecular weight is 367 g/mol. The van der Waals surface area contributed by atoms with Crippen molar-refractivity contribution in [1.29, 1.82) is 0 Å². The summed E-state index contributed by atoms with van der Waals surface area (Å²) >= 11 is 0. The smallest absolute Gasteiger partial charge is 0.269 e. The van der Waals surface area contributed by atoms with Gasteiger partial charge in [0.15, 0.2) is 0 Å². The molecule has 0 radical (unpaired) electrons. The summed E-state index contributed by atoms with van der Waals surface area (Å²) in [5.41, 5.74) is 0.374. The molecule has 2 aliphatic heterocycles. The number of rotatable bonds is 4. The Kier molecular flexibility index (Phi) is 4.81. The van der Waals surface area contributed by atoms with Crippen molar-refractivity contribution in [2.75, 3.05) is 39.9 Å². The number of sulfonamides is 1. The Hall–Kier alpha value is -1.97. The van der Waals surface area contributed by atoms with Gasteiger partial charge in [-0.3, -0.25) is 9.59 Å². The predicted molar refractivity (Wildman–Crippen MR) is 89.9 cm³/mol. The molecule has 0 aromatic heterocycles. The second-order valence-corrected chi connectivity index (χ2v) is 8.02. The lowest BCUT2D eigenvalue weighted by molar-refractivity contribution is 0.0708. The molecule has 3 rings (SSSR count). The van der Waals surface area contributed by atoms with Crippen LogP contribution in [0, 0.1) is 0 Å². The molecule has 25 heavy (non-hydrogen) atoms. The standard InChI is InChI=1S/C16H21N3O5S/c1-11-10-18(6-5-17-11)15(20)12-3-4-13-14(9-12)25(22,23)19(16(13)21)7-8-24-2/h3-4,9,11,17H,5-8,10H2,1-2H3/t11-/m0/s1. The van der Waals surface area contributed by atoms with E-state index in [1.807, 2.05) is 6.92 Å². The fourth-order valence-electron chi connectivity index (χ4n) is 3.10. The molecule has 1 aromatic carbocycles. The number of fused-ring (bicyclic) bond motifs is 1. The van der Waals surface area contributed by atoms with E-state index < -0.39 is 15.9 Å². The Morgan fingerprint density at radius 2 is 2.16 bits per heavy atom. The minimum atomic E-state index is -3.94. The zero-order chi connectivity index (χ0) is 18.2. The molecule has 1 atom stereocenters. The summed E-state index contributed by atoms with van der Waals surface area (Å²) in [4.78, 5) is 26.6. The van der Waals surface area contributed by atoms with Crippen LogP contribution in [0.1, 0.15) is 27.6 Å². The number of carbonyl (C=O) groups excluding carboxylic acids is 2. The van der Waals surface area contributed by atoms with Gasteiger partial charge in [0.25, 0.3) is 21.8 Å². The Morgan fingerprint density at radius 1 is 1.40 bits per heavy atom. The summed E-state index contributed by atoms with van der Waals surface area (Å²) in [6.07, 6.45) is 0. The maximum Gasteiger partial charge on any atom is 0.269 e. The van der Waals surface area contributed by atoms with Gasteiger partial charge >= 0.3 is 0 Å². The zero-order valence-electron chi connectivity index (χ0n) is 14.2. The van der Waals surface area contributed by atoms with Crippen molar-refractivity contribution in [3.63, 3.8) is 0 Å². The normalized spacial score (nSPS) is 22.2. The molecule has 1 aromatic rings. The number of ether oxygens (including phenoxy) is 1. The number of hydrogen-bond acceptors (Lipinski definition) is 6. The molecule has 1 saturated heterocycles. The Bertz CT molecular complexity index is 808. The summed E-state index contributed by atoms with van der Waals surface area (Å²) in [5.74, 6) is -0.809. The highest BCUT2D eigenvalue weighted by Crippen LogP contribution is 2.31. The molecule has 0 bridgehead atoms. The first-order chi connectivity index (χ1) is 11.9. The van der Waals surface area contributed by atoms with Gasteiger partial charge in [0.1, 0.15) is 4.90 Å². The van der Waals surface area contributed by atoms with Crippen molar-refractivity contribution < 1.29 is 22.7 Å². The van der Waals surface area contributed by atoms with Gasteiger partial charge in [0.2, 0.25) is 0 Å². The van der Waals surface area contributed by atoms with Gasteiger partial charge < -0.3 is 15.0 Å². The van der Waals surface area contributed by atoms with Crippen molar-refractivity contribution in [3.05, 3.63) is 29.3 Å². The van der Waals surface area contributed by atoms with Crippen molar-refractivity contribution in [2.45, 2.75) is 17.9 Å². The fraction of sp³-hybridized carbons (Fsp3) is 0.500. The number of carbonyl (C=O) groups is 2. The van der Waals surface area contributed by atoms with Crippen molar-refractivity contribution in [2.24, 2.45) is 0 Å². The van der Waals surface area contributed by atoms with E-state index in [-0.39, 0.29) is 41.1 Å². The molecule has 9 heteroatoms. The van der Waals surface area contributed by atoms with Gasteiger partial charge in [-0.1, -0.05) is 0 Å². The number of benzene rings is 1. The Balaban J connectivity index is 1.91. The lowest BCUT2D eigenvalue weighted by Gasteiger charge is -2.32.